The van der Waals surface area contributed by atoms with Crippen molar-refractivity contribution in [2.24, 2.45) is 0 Å². The molecule has 1 aromatic heterocycles. The number of fused-ring (bicyclic) bond motifs is 1. The normalized spacial score (nSPS) is 33.3. The molecular weight excluding hydrogens is 266 g/mol. The van der Waals surface area contributed by atoms with E-state index >= 15 is 0 Å². The third-order valence-corrected chi connectivity index (χ3v) is 5.44. The van der Waals surface area contributed by atoms with E-state index in [4.69, 9.17) is 4.74 Å². The maximum atomic E-state index is 10.0. The topological polar surface area (TPSA) is 50.5 Å². The van der Waals surface area contributed by atoms with Gasteiger partial charge in [0.2, 0.25) is 0 Å². The first-order chi connectivity index (χ1) is 10.1. The first-order valence-electron chi connectivity index (χ1n) is 8.09. The summed E-state index contributed by atoms with van der Waals surface area (Å²) in [5.74, 6) is 1.08. The number of hydrogen-bond acceptors (Lipinski definition) is 4. The summed E-state index contributed by atoms with van der Waals surface area (Å²) in [6.45, 7) is 5.22. The molecule has 1 aliphatic carbocycles. The largest absolute Gasteiger partial charge is 0.393 e. The van der Waals surface area contributed by atoms with Gasteiger partial charge in [-0.25, -0.2) is 4.98 Å². The summed E-state index contributed by atoms with van der Waals surface area (Å²) < 4.78 is 8.09. The van der Waals surface area contributed by atoms with Crippen molar-refractivity contribution in [3.63, 3.8) is 0 Å². The Bertz CT molecular complexity index is 476. The van der Waals surface area contributed by atoms with Gasteiger partial charge in [-0.2, -0.15) is 0 Å². The van der Waals surface area contributed by atoms with Gasteiger partial charge in [-0.05, 0) is 39.0 Å². The van der Waals surface area contributed by atoms with Crippen LogP contribution in [0.2, 0.25) is 0 Å². The molecule has 0 unspecified atom stereocenters. The van der Waals surface area contributed by atoms with E-state index in [1.807, 2.05) is 26.4 Å². The predicted molar refractivity (Wildman–Crippen MR) is 81.2 cm³/mol. The molecule has 3 atom stereocenters. The Hall–Kier alpha value is -0.910. The Labute approximate surface area is 126 Å². The maximum Gasteiger partial charge on any atom is 0.105 e. The standard InChI is InChI=1S/C16H27N3O2/c1-13-17-7-11-18(13)8-3-9-19-10-6-16(21-2)5-4-14(20)12-15(16)19/h7,11,14-15,20H,3-6,8-10,12H2,1-2H3/t14-,15+,16-/m1/s1. The van der Waals surface area contributed by atoms with Crippen molar-refractivity contribution in [1.82, 2.24) is 14.5 Å². The zero-order valence-electron chi connectivity index (χ0n) is 13.2. The van der Waals surface area contributed by atoms with Gasteiger partial charge in [0.1, 0.15) is 5.82 Å². The highest BCUT2D eigenvalue weighted by Crippen LogP contribution is 2.42. The third kappa shape index (κ3) is 2.87. The lowest BCUT2D eigenvalue weighted by atomic mass is 9.79. The number of ether oxygens (including phenoxy) is 1. The van der Waals surface area contributed by atoms with Crippen LogP contribution in [0.4, 0.5) is 0 Å². The van der Waals surface area contributed by atoms with Crippen LogP contribution in [0.5, 0.6) is 0 Å². The highest BCUT2D eigenvalue weighted by atomic mass is 16.5. The molecule has 0 spiro atoms. The number of nitrogens with zero attached hydrogens (tertiary/aromatic N) is 3. The minimum Gasteiger partial charge on any atom is -0.393 e. The van der Waals surface area contributed by atoms with Crippen LogP contribution in [0.3, 0.4) is 0 Å². The van der Waals surface area contributed by atoms with Crippen LogP contribution in [0.15, 0.2) is 12.4 Å². The Balaban J connectivity index is 1.57. The zero-order chi connectivity index (χ0) is 14.9. The van der Waals surface area contributed by atoms with E-state index in [-0.39, 0.29) is 11.7 Å². The molecule has 1 N–H and O–H groups in total. The number of aliphatic hydroxyl groups excluding tert-OH is 1. The average Bonchev–Trinajstić information content (AvgIpc) is 3.05. The van der Waals surface area contributed by atoms with Crippen LogP contribution in [-0.4, -0.2) is 57.5 Å². The Morgan fingerprint density at radius 2 is 2.29 bits per heavy atom. The average molecular weight is 293 g/mol. The van der Waals surface area contributed by atoms with E-state index in [0.29, 0.717) is 6.04 Å². The fourth-order valence-corrected chi connectivity index (χ4v) is 4.12. The van der Waals surface area contributed by atoms with Crippen molar-refractivity contribution >= 4 is 0 Å². The van der Waals surface area contributed by atoms with E-state index in [1.54, 1.807) is 0 Å². The maximum absolute atomic E-state index is 10.0. The lowest BCUT2D eigenvalue weighted by Gasteiger charge is -2.42. The van der Waals surface area contributed by atoms with Gasteiger partial charge in [-0.15, -0.1) is 0 Å². The molecule has 1 saturated carbocycles. The molecule has 0 radical (unpaired) electrons. The lowest BCUT2D eigenvalue weighted by molar-refractivity contribution is -0.0869. The van der Waals surface area contributed by atoms with Crippen molar-refractivity contribution in [3.05, 3.63) is 18.2 Å². The number of methoxy groups -OCH3 is 1. The van der Waals surface area contributed by atoms with Gasteiger partial charge in [0.25, 0.3) is 0 Å². The second-order valence-corrected chi connectivity index (χ2v) is 6.52. The number of aromatic nitrogens is 2. The summed E-state index contributed by atoms with van der Waals surface area (Å²) in [5, 5.41) is 10.0. The minimum absolute atomic E-state index is 0.00977. The number of likely N-dealkylation sites (tertiary alicyclic amines) is 1. The number of aliphatic hydroxyl groups is 1. The van der Waals surface area contributed by atoms with E-state index in [2.05, 4.69) is 14.5 Å². The molecule has 1 aliphatic heterocycles. The van der Waals surface area contributed by atoms with E-state index in [9.17, 15) is 5.11 Å². The van der Waals surface area contributed by atoms with Crippen molar-refractivity contribution in [3.8, 4) is 0 Å². The smallest absolute Gasteiger partial charge is 0.105 e. The number of rotatable bonds is 5. The van der Waals surface area contributed by atoms with Gasteiger partial charge in [0.15, 0.2) is 0 Å². The van der Waals surface area contributed by atoms with Crippen LogP contribution >= 0.6 is 0 Å². The molecule has 5 heteroatoms. The molecule has 1 aromatic rings. The quantitative estimate of drug-likeness (QED) is 0.895. The SMILES string of the molecule is CO[C@@]12CC[C@@H](O)C[C@@H]1N(CCCn1ccnc1C)CC2. The molecule has 1 saturated heterocycles. The van der Waals surface area contributed by atoms with Crippen LogP contribution in [-0.2, 0) is 11.3 Å². The molecule has 0 bridgehead atoms. The van der Waals surface area contributed by atoms with Gasteiger partial charge in [0, 0.05) is 45.2 Å². The first-order valence-corrected chi connectivity index (χ1v) is 8.09. The highest BCUT2D eigenvalue weighted by molar-refractivity contribution is 5.05. The molecule has 2 fully saturated rings. The second kappa shape index (κ2) is 6.07. The predicted octanol–water partition coefficient (Wildman–Crippen LogP) is 1.59. The fraction of sp³-hybridized carbons (Fsp3) is 0.812. The molecule has 21 heavy (non-hydrogen) atoms. The highest BCUT2D eigenvalue weighted by Gasteiger charge is 2.50. The van der Waals surface area contributed by atoms with Gasteiger partial charge >= 0.3 is 0 Å². The van der Waals surface area contributed by atoms with Crippen LogP contribution < -0.4 is 0 Å². The number of aryl methyl sites for hydroxylation is 2. The van der Waals surface area contributed by atoms with Crippen molar-refractivity contribution in [1.29, 1.82) is 0 Å². The molecule has 2 aliphatic rings. The zero-order valence-corrected chi connectivity index (χ0v) is 13.2. The molecule has 118 valence electrons. The summed E-state index contributed by atoms with van der Waals surface area (Å²) in [5.41, 5.74) is -0.00977. The molecule has 3 rings (SSSR count). The summed E-state index contributed by atoms with van der Waals surface area (Å²) in [7, 11) is 1.84. The number of imidazole rings is 1. The Morgan fingerprint density at radius 3 is 3.00 bits per heavy atom. The summed E-state index contributed by atoms with van der Waals surface area (Å²) >= 11 is 0. The van der Waals surface area contributed by atoms with Crippen molar-refractivity contribution in [2.75, 3.05) is 20.2 Å². The van der Waals surface area contributed by atoms with Gasteiger partial charge in [-0.3, -0.25) is 4.90 Å². The van der Waals surface area contributed by atoms with Gasteiger partial charge < -0.3 is 14.4 Å². The molecule has 0 amide bonds. The van der Waals surface area contributed by atoms with Crippen molar-refractivity contribution < 1.29 is 9.84 Å². The van der Waals surface area contributed by atoms with Gasteiger partial charge in [0.05, 0.1) is 11.7 Å². The molecular formula is C16H27N3O2. The van der Waals surface area contributed by atoms with E-state index in [1.165, 1.54) is 0 Å². The van der Waals surface area contributed by atoms with Crippen LogP contribution in [0.25, 0.3) is 0 Å². The third-order valence-electron chi connectivity index (χ3n) is 5.44. The summed E-state index contributed by atoms with van der Waals surface area (Å²) in [4.78, 5) is 6.79. The molecule has 2 heterocycles. The Kier molecular flexibility index (Phi) is 4.33. The van der Waals surface area contributed by atoms with Crippen LogP contribution in [0, 0.1) is 6.92 Å². The fourth-order valence-electron chi connectivity index (χ4n) is 4.12. The minimum atomic E-state index is -0.158. The number of hydrogen-bond donors (Lipinski definition) is 1. The lowest BCUT2D eigenvalue weighted by Crippen LogP contribution is -2.51. The van der Waals surface area contributed by atoms with Crippen molar-refractivity contribution in [2.45, 2.75) is 63.3 Å². The van der Waals surface area contributed by atoms with E-state index in [0.717, 1.165) is 57.6 Å². The van der Waals surface area contributed by atoms with E-state index < -0.39 is 0 Å². The van der Waals surface area contributed by atoms with Gasteiger partial charge in [-0.1, -0.05) is 0 Å². The second-order valence-electron chi connectivity index (χ2n) is 6.52. The Morgan fingerprint density at radius 1 is 1.43 bits per heavy atom. The summed E-state index contributed by atoms with van der Waals surface area (Å²) in [6, 6.07) is 0.384. The molecule has 0 aromatic carbocycles. The first kappa shape index (κ1) is 15.0. The molecule has 5 nitrogen and oxygen atoms in total. The van der Waals surface area contributed by atoms with Crippen LogP contribution in [0.1, 0.15) is 37.9 Å². The summed E-state index contributed by atoms with van der Waals surface area (Å²) in [6.07, 6.45) is 8.70. The monoisotopic (exact) mass is 293 g/mol.